The van der Waals surface area contributed by atoms with Crippen molar-refractivity contribution in [3.63, 3.8) is 0 Å². The fourth-order valence-corrected chi connectivity index (χ4v) is 4.07. The Kier molecular flexibility index (Phi) is 3.96. The molecular weight excluding hydrogens is 342 g/mol. The Labute approximate surface area is 158 Å². The topological polar surface area (TPSA) is 48.0 Å². The van der Waals surface area contributed by atoms with Gasteiger partial charge in [-0.2, -0.15) is 0 Å². The first kappa shape index (κ1) is 16.5. The molecule has 0 radical (unpaired) electrons. The molecule has 1 saturated carbocycles. The molecule has 140 valence electrons. The standard InChI is InChI=1S/C22H23NO4/c1-25-17-6-2-14(3-7-17)22(24)23(16-4-5-16)13-19-18-9-11-26-20(18)12-15-8-10-27-21(15)19/h2-3,6-7,12,16H,4-5,8-11,13H2,1H3. The minimum atomic E-state index is 0.0726. The SMILES string of the molecule is COc1ccc(C(=O)N(Cc2c3c(cc4c2OCC4)OCC3)C2CC2)cc1. The zero-order valence-electron chi connectivity index (χ0n) is 15.5. The summed E-state index contributed by atoms with van der Waals surface area (Å²) in [5.74, 6) is 2.78. The molecule has 2 aliphatic heterocycles. The number of benzene rings is 2. The lowest BCUT2D eigenvalue weighted by molar-refractivity contribution is 0.0728. The van der Waals surface area contributed by atoms with Crippen molar-refractivity contribution in [2.45, 2.75) is 38.3 Å². The van der Waals surface area contributed by atoms with E-state index >= 15 is 0 Å². The monoisotopic (exact) mass is 365 g/mol. The minimum Gasteiger partial charge on any atom is -0.497 e. The highest BCUT2D eigenvalue weighted by Crippen LogP contribution is 2.42. The third kappa shape index (κ3) is 2.91. The van der Waals surface area contributed by atoms with Crippen LogP contribution in [0, 0.1) is 0 Å². The molecule has 0 atom stereocenters. The van der Waals surface area contributed by atoms with Gasteiger partial charge in [0.05, 0.1) is 26.9 Å². The van der Waals surface area contributed by atoms with Crippen molar-refractivity contribution in [1.82, 2.24) is 4.90 Å². The molecule has 3 aliphatic rings. The van der Waals surface area contributed by atoms with Gasteiger partial charge in [-0.05, 0) is 43.2 Å². The largest absolute Gasteiger partial charge is 0.497 e. The van der Waals surface area contributed by atoms with E-state index in [0.29, 0.717) is 31.4 Å². The predicted octanol–water partition coefficient (Wildman–Crippen LogP) is 3.37. The molecule has 0 unspecified atom stereocenters. The first-order valence-corrected chi connectivity index (χ1v) is 9.63. The highest BCUT2D eigenvalue weighted by atomic mass is 16.5. The average molecular weight is 365 g/mol. The van der Waals surface area contributed by atoms with E-state index in [2.05, 4.69) is 6.07 Å². The van der Waals surface area contributed by atoms with Gasteiger partial charge in [0.15, 0.2) is 0 Å². The molecule has 5 nitrogen and oxygen atoms in total. The van der Waals surface area contributed by atoms with Gasteiger partial charge in [-0.1, -0.05) is 0 Å². The molecule has 0 aromatic heterocycles. The van der Waals surface area contributed by atoms with Crippen LogP contribution in [-0.4, -0.2) is 37.2 Å². The van der Waals surface area contributed by atoms with Crippen LogP contribution in [0.1, 0.15) is 39.9 Å². The third-order valence-corrected chi connectivity index (χ3v) is 5.67. The maximum absolute atomic E-state index is 13.2. The Morgan fingerprint density at radius 3 is 2.67 bits per heavy atom. The van der Waals surface area contributed by atoms with Crippen LogP contribution in [0.3, 0.4) is 0 Å². The van der Waals surface area contributed by atoms with Crippen molar-refractivity contribution in [3.8, 4) is 17.2 Å². The summed E-state index contributed by atoms with van der Waals surface area (Å²) in [5.41, 5.74) is 4.26. The van der Waals surface area contributed by atoms with Crippen molar-refractivity contribution in [1.29, 1.82) is 0 Å². The number of nitrogens with zero attached hydrogens (tertiary/aromatic N) is 1. The summed E-state index contributed by atoms with van der Waals surface area (Å²) in [6.07, 6.45) is 3.93. The fraction of sp³-hybridized carbons (Fsp3) is 0.409. The molecule has 5 rings (SSSR count). The summed E-state index contributed by atoms with van der Waals surface area (Å²) < 4.78 is 17.0. The summed E-state index contributed by atoms with van der Waals surface area (Å²) in [6, 6.07) is 9.81. The molecule has 0 bridgehead atoms. The van der Waals surface area contributed by atoms with Crippen LogP contribution in [0.15, 0.2) is 30.3 Å². The van der Waals surface area contributed by atoms with Gasteiger partial charge in [-0.3, -0.25) is 4.79 Å². The second kappa shape index (κ2) is 6.48. The zero-order valence-corrected chi connectivity index (χ0v) is 15.5. The van der Waals surface area contributed by atoms with Crippen LogP contribution >= 0.6 is 0 Å². The van der Waals surface area contributed by atoms with Gasteiger partial charge in [-0.15, -0.1) is 0 Å². The molecule has 2 heterocycles. The van der Waals surface area contributed by atoms with E-state index in [1.807, 2.05) is 29.2 Å². The van der Waals surface area contributed by atoms with Crippen molar-refractivity contribution in [2.75, 3.05) is 20.3 Å². The predicted molar refractivity (Wildman–Crippen MR) is 101 cm³/mol. The van der Waals surface area contributed by atoms with E-state index in [4.69, 9.17) is 14.2 Å². The van der Waals surface area contributed by atoms with Gasteiger partial charge < -0.3 is 19.1 Å². The lowest BCUT2D eigenvalue weighted by Crippen LogP contribution is -2.33. The van der Waals surface area contributed by atoms with Gasteiger partial charge in [-0.25, -0.2) is 0 Å². The molecule has 2 aromatic carbocycles. The van der Waals surface area contributed by atoms with Crippen molar-refractivity contribution < 1.29 is 19.0 Å². The van der Waals surface area contributed by atoms with Crippen molar-refractivity contribution in [3.05, 3.63) is 52.6 Å². The maximum Gasteiger partial charge on any atom is 0.254 e. The molecule has 27 heavy (non-hydrogen) atoms. The molecule has 0 spiro atoms. The van der Waals surface area contributed by atoms with Crippen LogP contribution in [0.2, 0.25) is 0 Å². The fourth-order valence-electron chi connectivity index (χ4n) is 4.07. The Morgan fingerprint density at radius 1 is 1.15 bits per heavy atom. The van der Waals surface area contributed by atoms with Crippen LogP contribution < -0.4 is 14.2 Å². The quantitative estimate of drug-likeness (QED) is 0.815. The first-order chi connectivity index (χ1) is 13.2. The summed E-state index contributed by atoms with van der Waals surface area (Å²) in [7, 11) is 1.63. The van der Waals surface area contributed by atoms with Gasteiger partial charge >= 0.3 is 0 Å². The molecular formula is C22H23NO4. The highest BCUT2D eigenvalue weighted by molar-refractivity contribution is 5.94. The Hall–Kier alpha value is -2.69. The van der Waals surface area contributed by atoms with E-state index in [9.17, 15) is 4.79 Å². The first-order valence-electron chi connectivity index (χ1n) is 9.63. The normalized spacial score (nSPS) is 16.9. The molecule has 1 aliphatic carbocycles. The Balaban J connectivity index is 1.48. The lowest BCUT2D eigenvalue weighted by atomic mass is 9.98. The van der Waals surface area contributed by atoms with Crippen LogP contribution in [0.4, 0.5) is 0 Å². The van der Waals surface area contributed by atoms with Crippen LogP contribution in [-0.2, 0) is 19.4 Å². The number of carbonyl (C=O) groups is 1. The minimum absolute atomic E-state index is 0.0726. The number of amides is 1. The highest BCUT2D eigenvalue weighted by Gasteiger charge is 2.36. The number of methoxy groups -OCH3 is 1. The molecule has 0 N–H and O–H groups in total. The molecule has 0 saturated heterocycles. The van der Waals surface area contributed by atoms with E-state index in [1.54, 1.807) is 7.11 Å². The molecule has 1 fully saturated rings. The van der Waals surface area contributed by atoms with Crippen LogP contribution in [0.25, 0.3) is 0 Å². The zero-order chi connectivity index (χ0) is 18.4. The van der Waals surface area contributed by atoms with E-state index < -0.39 is 0 Å². The Bertz CT molecular complexity index is 854. The van der Waals surface area contributed by atoms with E-state index in [1.165, 1.54) is 11.1 Å². The van der Waals surface area contributed by atoms with Gasteiger partial charge in [0.2, 0.25) is 0 Å². The van der Waals surface area contributed by atoms with Gasteiger partial charge in [0.25, 0.3) is 5.91 Å². The molecule has 2 aromatic rings. The number of fused-ring (bicyclic) bond motifs is 2. The van der Waals surface area contributed by atoms with Crippen molar-refractivity contribution >= 4 is 5.91 Å². The van der Waals surface area contributed by atoms with E-state index in [-0.39, 0.29) is 5.91 Å². The number of carbonyl (C=O) groups excluding carboxylic acids is 1. The molecule has 1 amide bonds. The summed E-state index contributed by atoms with van der Waals surface area (Å²) in [5, 5.41) is 0. The van der Waals surface area contributed by atoms with E-state index in [0.717, 1.165) is 48.5 Å². The smallest absolute Gasteiger partial charge is 0.254 e. The summed E-state index contributed by atoms with van der Waals surface area (Å²) in [6.45, 7) is 2.01. The number of hydrogen-bond donors (Lipinski definition) is 0. The second-order valence-corrected chi connectivity index (χ2v) is 7.41. The van der Waals surface area contributed by atoms with Gasteiger partial charge in [0, 0.05) is 41.1 Å². The van der Waals surface area contributed by atoms with Crippen molar-refractivity contribution in [2.24, 2.45) is 0 Å². The van der Waals surface area contributed by atoms with Gasteiger partial charge in [0.1, 0.15) is 17.2 Å². The lowest BCUT2D eigenvalue weighted by Gasteiger charge is -2.25. The Morgan fingerprint density at radius 2 is 1.93 bits per heavy atom. The number of hydrogen-bond acceptors (Lipinski definition) is 4. The maximum atomic E-state index is 13.2. The number of ether oxygens (including phenoxy) is 3. The average Bonchev–Trinajstić information content (AvgIpc) is 3.23. The number of rotatable bonds is 5. The van der Waals surface area contributed by atoms with Crippen LogP contribution in [0.5, 0.6) is 17.2 Å². The molecule has 5 heteroatoms. The third-order valence-electron chi connectivity index (χ3n) is 5.67. The summed E-state index contributed by atoms with van der Waals surface area (Å²) >= 11 is 0. The summed E-state index contributed by atoms with van der Waals surface area (Å²) in [4.78, 5) is 15.3. The second-order valence-electron chi connectivity index (χ2n) is 7.41.